The molecule has 1 aliphatic rings. The van der Waals surface area contributed by atoms with Crippen molar-refractivity contribution in [2.45, 2.75) is 46.2 Å². The summed E-state index contributed by atoms with van der Waals surface area (Å²) >= 11 is 0. The lowest BCUT2D eigenvalue weighted by atomic mass is 9.99. The van der Waals surface area contributed by atoms with Crippen LogP contribution in [0, 0.1) is 13.8 Å². The Labute approximate surface area is 169 Å². The summed E-state index contributed by atoms with van der Waals surface area (Å²) in [6, 6.07) is 5.79. The molecule has 0 radical (unpaired) electrons. The highest BCUT2D eigenvalue weighted by atomic mass is 16.5. The van der Waals surface area contributed by atoms with Gasteiger partial charge >= 0.3 is 0 Å². The van der Waals surface area contributed by atoms with Gasteiger partial charge in [0.2, 0.25) is 0 Å². The first-order chi connectivity index (χ1) is 13.8. The number of nitrogens with one attached hydrogen (secondary N) is 1. The van der Waals surface area contributed by atoms with Crippen molar-refractivity contribution in [1.29, 1.82) is 0 Å². The van der Waals surface area contributed by atoms with Gasteiger partial charge in [-0.25, -0.2) is 4.68 Å². The molecule has 1 N–H and O–H groups in total. The Morgan fingerprint density at radius 3 is 2.48 bits per heavy atom. The lowest BCUT2D eigenvalue weighted by molar-refractivity contribution is 0.0206. The number of rotatable bonds is 3. The summed E-state index contributed by atoms with van der Waals surface area (Å²) in [6.45, 7) is 13.0. The number of aromatic amines is 1. The van der Waals surface area contributed by atoms with Crippen LogP contribution in [0.1, 0.15) is 49.3 Å². The molecule has 3 heterocycles. The fraction of sp³-hybridized carbons (Fsp3) is 0.524. The van der Waals surface area contributed by atoms with Crippen LogP contribution < -0.4 is 5.56 Å². The Morgan fingerprint density at radius 1 is 1.10 bits per heavy atom. The molecule has 29 heavy (non-hydrogen) atoms. The summed E-state index contributed by atoms with van der Waals surface area (Å²) in [4.78, 5) is 18.5. The number of ether oxygens (including phenoxy) is 1. The first-order valence-corrected chi connectivity index (χ1v) is 10.0. The fourth-order valence-corrected chi connectivity index (χ4v) is 3.87. The molecule has 1 saturated heterocycles. The molecule has 0 amide bonds. The Kier molecular flexibility index (Phi) is 5.00. The van der Waals surface area contributed by atoms with E-state index in [-0.39, 0.29) is 17.1 Å². The van der Waals surface area contributed by atoms with Gasteiger partial charge in [0.1, 0.15) is 6.04 Å². The van der Waals surface area contributed by atoms with Gasteiger partial charge in [-0.2, -0.15) is 0 Å². The van der Waals surface area contributed by atoms with Crippen molar-refractivity contribution in [3.8, 4) is 0 Å². The van der Waals surface area contributed by atoms with Gasteiger partial charge in [0.05, 0.1) is 18.8 Å². The van der Waals surface area contributed by atoms with Crippen LogP contribution in [-0.2, 0) is 10.3 Å². The Morgan fingerprint density at radius 2 is 1.79 bits per heavy atom. The van der Waals surface area contributed by atoms with E-state index in [0.29, 0.717) is 37.7 Å². The molecular formula is C21H28N6O2. The fourth-order valence-electron chi connectivity index (χ4n) is 3.87. The number of tetrazole rings is 1. The van der Waals surface area contributed by atoms with E-state index in [4.69, 9.17) is 4.74 Å². The predicted octanol–water partition coefficient (Wildman–Crippen LogP) is 2.31. The highest BCUT2D eigenvalue weighted by Gasteiger charge is 2.34. The summed E-state index contributed by atoms with van der Waals surface area (Å²) in [6.07, 6.45) is 0. The van der Waals surface area contributed by atoms with Gasteiger partial charge in [-0.1, -0.05) is 0 Å². The molecule has 8 heteroatoms. The maximum atomic E-state index is 13.2. The second-order valence-electron chi connectivity index (χ2n) is 8.75. The number of pyridine rings is 1. The summed E-state index contributed by atoms with van der Waals surface area (Å²) in [5.74, 6) is 0.674. The van der Waals surface area contributed by atoms with Crippen LogP contribution in [0.5, 0.6) is 0 Å². The van der Waals surface area contributed by atoms with E-state index in [9.17, 15) is 4.79 Å². The lowest BCUT2D eigenvalue weighted by Crippen LogP contribution is -2.43. The van der Waals surface area contributed by atoms with E-state index in [2.05, 4.69) is 66.1 Å². The van der Waals surface area contributed by atoms with Gasteiger partial charge in [0.15, 0.2) is 5.82 Å². The number of aryl methyl sites for hydroxylation is 2. The zero-order chi connectivity index (χ0) is 20.8. The van der Waals surface area contributed by atoms with Crippen LogP contribution in [0.4, 0.5) is 0 Å². The monoisotopic (exact) mass is 396 g/mol. The highest BCUT2D eigenvalue weighted by Crippen LogP contribution is 2.30. The average molecular weight is 396 g/mol. The van der Waals surface area contributed by atoms with E-state index in [1.165, 1.54) is 5.56 Å². The van der Waals surface area contributed by atoms with Crippen molar-refractivity contribution in [2.75, 3.05) is 26.3 Å². The topological polar surface area (TPSA) is 88.9 Å². The Hall–Kier alpha value is -2.58. The van der Waals surface area contributed by atoms with Crippen molar-refractivity contribution in [2.24, 2.45) is 0 Å². The van der Waals surface area contributed by atoms with Gasteiger partial charge in [0, 0.05) is 24.2 Å². The molecule has 2 aromatic heterocycles. The van der Waals surface area contributed by atoms with Crippen molar-refractivity contribution < 1.29 is 4.74 Å². The SMILES string of the molecule is Cc1cc2cc([C@@H](c3nnnn3C(C)(C)C)N3CCOCC3)c(=O)[nH]c2cc1C. The van der Waals surface area contributed by atoms with E-state index in [1.54, 1.807) is 0 Å². The number of morpholine rings is 1. The lowest BCUT2D eigenvalue weighted by Gasteiger charge is -2.34. The third kappa shape index (κ3) is 3.70. The molecule has 0 aliphatic carbocycles. The van der Waals surface area contributed by atoms with Crippen molar-refractivity contribution in [1.82, 2.24) is 30.1 Å². The quantitative estimate of drug-likeness (QED) is 0.731. The van der Waals surface area contributed by atoms with Gasteiger partial charge < -0.3 is 9.72 Å². The molecule has 1 aliphatic heterocycles. The molecule has 3 aromatic rings. The summed E-state index contributed by atoms with van der Waals surface area (Å²) in [7, 11) is 0. The number of hydrogen-bond acceptors (Lipinski definition) is 6. The maximum absolute atomic E-state index is 13.2. The van der Waals surface area contributed by atoms with Gasteiger partial charge in [-0.05, 0) is 79.8 Å². The number of benzene rings is 1. The molecule has 154 valence electrons. The molecular weight excluding hydrogens is 368 g/mol. The van der Waals surface area contributed by atoms with Crippen LogP contribution >= 0.6 is 0 Å². The van der Waals surface area contributed by atoms with E-state index in [0.717, 1.165) is 16.5 Å². The second-order valence-corrected chi connectivity index (χ2v) is 8.75. The molecule has 1 atom stereocenters. The van der Waals surface area contributed by atoms with Crippen LogP contribution in [0.2, 0.25) is 0 Å². The molecule has 0 spiro atoms. The highest BCUT2D eigenvalue weighted by molar-refractivity contribution is 5.81. The number of aromatic nitrogens is 5. The van der Waals surface area contributed by atoms with Crippen LogP contribution in [-0.4, -0.2) is 56.4 Å². The number of H-pyrrole nitrogens is 1. The maximum Gasteiger partial charge on any atom is 0.253 e. The largest absolute Gasteiger partial charge is 0.379 e. The molecule has 4 rings (SSSR count). The van der Waals surface area contributed by atoms with Gasteiger partial charge in [-0.15, -0.1) is 5.10 Å². The van der Waals surface area contributed by atoms with Gasteiger partial charge in [0.25, 0.3) is 5.56 Å². The molecule has 1 aromatic carbocycles. The summed E-state index contributed by atoms with van der Waals surface area (Å²) < 4.78 is 7.36. The van der Waals surface area contributed by atoms with Gasteiger partial charge in [-0.3, -0.25) is 9.69 Å². The van der Waals surface area contributed by atoms with Crippen LogP contribution in [0.3, 0.4) is 0 Å². The van der Waals surface area contributed by atoms with Crippen molar-refractivity contribution in [3.63, 3.8) is 0 Å². The predicted molar refractivity (Wildman–Crippen MR) is 111 cm³/mol. The molecule has 0 saturated carbocycles. The first-order valence-electron chi connectivity index (χ1n) is 10.0. The third-order valence-electron chi connectivity index (χ3n) is 5.57. The molecule has 0 bridgehead atoms. The second kappa shape index (κ2) is 7.35. The van der Waals surface area contributed by atoms with E-state index < -0.39 is 0 Å². The zero-order valence-electron chi connectivity index (χ0n) is 17.7. The van der Waals surface area contributed by atoms with E-state index >= 15 is 0 Å². The Bertz CT molecular complexity index is 1090. The third-order valence-corrected chi connectivity index (χ3v) is 5.57. The minimum absolute atomic E-state index is 0.110. The standard InChI is InChI=1S/C21H28N6O2/c1-13-10-15-12-16(20(28)22-17(15)11-14(13)2)18(26-6-8-29-9-7-26)19-23-24-25-27(19)21(3,4)5/h10-12,18H,6-9H2,1-5H3,(H,22,28)/t18-/m0/s1. The smallest absolute Gasteiger partial charge is 0.253 e. The van der Waals surface area contributed by atoms with Crippen LogP contribution in [0.25, 0.3) is 10.9 Å². The molecule has 0 unspecified atom stereocenters. The minimum Gasteiger partial charge on any atom is -0.379 e. The molecule has 1 fully saturated rings. The number of fused-ring (bicyclic) bond motifs is 1. The molecule has 8 nitrogen and oxygen atoms in total. The zero-order valence-corrected chi connectivity index (χ0v) is 17.7. The Balaban J connectivity index is 1.92. The first kappa shape index (κ1) is 19.7. The minimum atomic E-state index is -0.345. The van der Waals surface area contributed by atoms with Crippen molar-refractivity contribution >= 4 is 10.9 Å². The summed E-state index contributed by atoms with van der Waals surface area (Å²) in [5, 5.41) is 13.5. The van der Waals surface area contributed by atoms with Crippen molar-refractivity contribution in [3.05, 3.63) is 51.1 Å². The summed E-state index contributed by atoms with van der Waals surface area (Å²) in [5.41, 5.74) is 3.43. The normalized spacial score (nSPS) is 17.0. The number of hydrogen-bond donors (Lipinski definition) is 1. The number of nitrogens with zero attached hydrogens (tertiary/aromatic N) is 5. The van der Waals surface area contributed by atoms with E-state index in [1.807, 2.05) is 16.8 Å². The average Bonchev–Trinajstić information content (AvgIpc) is 3.15. The van der Waals surface area contributed by atoms with Crippen LogP contribution in [0.15, 0.2) is 23.0 Å².